The summed E-state index contributed by atoms with van der Waals surface area (Å²) in [5.74, 6) is -5.36. The number of rotatable bonds is 6. The summed E-state index contributed by atoms with van der Waals surface area (Å²) in [4.78, 5) is 52.6. The van der Waals surface area contributed by atoms with Crippen molar-refractivity contribution in [3.8, 4) is 0 Å². The number of imide groups is 1. The number of non-ortho nitro benzene ring substituents is 1. The number of nitrogens with one attached hydrogen (secondary N) is 1. The van der Waals surface area contributed by atoms with E-state index in [4.69, 9.17) is 46.4 Å². The number of halogens is 4. The quantitative estimate of drug-likeness (QED) is 0.148. The SMILES string of the molecule is Cc1ccc(N2C(=O)C3C(c4cc(Cl)cc(Cl)c4Cl)NC(Cc4ccc([N+](=O)[O-])cc4)(C(=O)O)C3C2=O)cc1Cl. The molecular weight excluding hydrogens is 604 g/mol. The molecule has 2 fully saturated rings. The summed E-state index contributed by atoms with van der Waals surface area (Å²) in [5.41, 5.74) is -0.609. The first-order valence-electron chi connectivity index (χ1n) is 11.9. The number of aryl methyl sites for hydroxylation is 1. The van der Waals surface area contributed by atoms with E-state index in [0.29, 0.717) is 10.6 Å². The maximum atomic E-state index is 14.0. The number of carboxylic acids is 1. The molecule has 0 aromatic heterocycles. The molecule has 2 aliphatic rings. The van der Waals surface area contributed by atoms with Gasteiger partial charge in [-0.15, -0.1) is 0 Å². The smallest absolute Gasteiger partial charge is 0.325 e. The van der Waals surface area contributed by atoms with E-state index in [2.05, 4.69) is 5.32 Å². The van der Waals surface area contributed by atoms with Crippen molar-refractivity contribution < 1.29 is 24.4 Å². The largest absolute Gasteiger partial charge is 0.480 e. The zero-order chi connectivity index (χ0) is 29.1. The van der Waals surface area contributed by atoms with Crippen molar-refractivity contribution >= 4 is 75.6 Å². The number of nitro groups is 1. The Morgan fingerprint density at radius 2 is 1.70 bits per heavy atom. The number of carboxylic acid groups (broad SMARTS) is 1. The molecule has 2 amide bonds. The molecule has 0 saturated carbocycles. The molecule has 0 aliphatic carbocycles. The lowest BCUT2D eigenvalue weighted by Crippen LogP contribution is -2.57. The Morgan fingerprint density at radius 3 is 2.30 bits per heavy atom. The third-order valence-corrected chi connectivity index (χ3v) is 8.88. The summed E-state index contributed by atoms with van der Waals surface area (Å²) >= 11 is 25.3. The number of nitrogens with zero attached hydrogens (tertiary/aromatic N) is 2. The molecule has 0 spiro atoms. The van der Waals surface area contributed by atoms with Crippen molar-refractivity contribution in [1.82, 2.24) is 5.32 Å². The molecule has 5 rings (SSSR count). The van der Waals surface area contributed by atoms with Crippen LogP contribution in [-0.2, 0) is 20.8 Å². The van der Waals surface area contributed by atoms with Gasteiger partial charge >= 0.3 is 5.97 Å². The van der Waals surface area contributed by atoms with Crippen LogP contribution in [0.2, 0.25) is 20.1 Å². The van der Waals surface area contributed by atoms with Crippen molar-refractivity contribution in [2.24, 2.45) is 11.8 Å². The molecule has 2 N–H and O–H groups in total. The van der Waals surface area contributed by atoms with E-state index in [0.717, 1.165) is 10.5 Å². The van der Waals surface area contributed by atoms with Gasteiger partial charge in [-0.1, -0.05) is 64.6 Å². The van der Waals surface area contributed by atoms with Crippen LogP contribution in [-0.4, -0.2) is 33.4 Å². The zero-order valence-corrected chi connectivity index (χ0v) is 23.6. The predicted octanol–water partition coefficient (Wildman–Crippen LogP) is 6.03. The number of nitro benzene ring substituents is 1. The molecule has 3 aromatic rings. The topological polar surface area (TPSA) is 130 Å². The Balaban J connectivity index is 1.68. The molecule has 0 bridgehead atoms. The highest BCUT2D eigenvalue weighted by molar-refractivity contribution is 6.43. The van der Waals surface area contributed by atoms with Crippen LogP contribution in [0.4, 0.5) is 11.4 Å². The van der Waals surface area contributed by atoms with E-state index < -0.39 is 46.1 Å². The standard InChI is InChI=1S/C27H19Cl4N3O6/c1-12-2-5-16(10-18(12)29)33-24(35)20-21(25(33)36)27(26(37)38,11-13-3-6-15(7-4-13)34(39)40)32-23(20)17-8-14(28)9-19(30)22(17)31/h2-10,20-21,23,32H,11H2,1H3,(H,37,38). The van der Waals surface area contributed by atoms with Crippen LogP contribution in [0, 0.1) is 28.9 Å². The molecule has 2 heterocycles. The summed E-state index contributed by atoms with van der Waals surface area (Å²) in [6.45, 7) is 1.76. The van der Waals surface area contributed by atoms with Crippen LogP contribution in [0.1, 0.15) is 22.7 Å². The fraction of sp³-hybridized carbons (Fsp3) is 0.222. The van der Waals surface area contributed by atoms with Crippen LogP contribution >= 0.6 is 46.4 Å². The van der Waals surface area contributed by atoms with Crippen molar-refractivity contribution in [2.45, 2.75) is 24.9 Å². The van der Waals surface area contributed by atoms with Gasteiger partial charge in [-0.3, -0.25) is 29.8 Å². The van der Waals surface area contributed by atoms with Gasteiger partial charge in [-0.05, 0) is 47.9 Å². The average molecular weight is 623 g/mol. The lowest BCUT2D eigenvalue weighted by Gasteiger charge is -2.31. The Labute approximate surface area is 247 Å². The van der Waals surface area contributed by atoms with E-state index in [1.165, 1.54) is 42.5 Å². The van der Waals surface area contributed by atoms with Gasteiger partial charge in [0.25, 0.3) is 5.69 Å². The monoisotopic (exact) mass is 621 g/mol. The van der Waals surface area contributed by atoms with Crippen molar-refractivity contribution in [3.63, 3.8) is 0 Å². The van der Waals surface area contributed by atoms with Crippen molar-refractivity contribution in [1.29, 1.82) is 0 Å². The lowest BCUT2D eigenvalue weighted by molar-refractivity contribution is -0.384. The highest BCUT2D eigenvalue weighted by atomic mass is 35.5. The van der Waals surface area contributed by atoms with E-state index >= 15 is 0 Å². The van der Waals surface area contributed by atoms with Gasteiger partial charge < -0.3 is 5.11 Å². The summed E-state index contributed by atoms with van der Waals surface area (Å²) in [5, 5.41) is 25.5. The maximum Gasteiger partial charge on any atom is 0.325 e. The molecule has 2 saturated heterocycles. The number of hydrogen-bond acceptors (Lipinski definition) is 6. The van der Waals surface area contributed by atoms with E-state index in [1.807, 2.05) is 0 Å². The first-order valence-corrected chi connectivity index (χ1v) is 13.4. The number of amides is 2. The molecule has 9 nitrogen and oxygen atoms in total. The number of hydrogen-bond donors (Lipinski definition) is 2. The summed E-state index contributed by atoms with van der Waals surface area (Å²) in [6.07, 6.45) is -0.272. The molecule has 2 aliphatic heterocycles. The van der Waals surface area contributed by atoms with Gasteiger partial charge in [0.2, 0.25) is 11.8 Å². The maximum absolute atomic E-state index is 14.0. The molecule has 40 heavy (non-hydrogen) atoms. The second-order valence-electron chi connectivity index (χ2n) is 9.74. The first kappa shape index (κ1) is 28.3. The number of carbonyl (C=O) groups excluding carboxylic acids is 2. The molecule has 3 aromatic carbocycles. The van der Waals surface area contributed by atoms with Crippen LogP contribution in [0.5, 0.6) is 0 Å². The molecule has 4 unspecified atom stereocenters. The normalized spacial score (nSPS) is 23.9. The number of aliphatic carboxylic acids is 1. The van der Waals surface area contributed by atoms with Gasteiger partial charge in [-0.2, -0.15) is 0 Å². The van der Waals surface area contributed by atoms with Crippen LogP contribution < -0.4 is 10.2 Å². The minimum absolute atomic E-state index is 0.0518. The molecule has 206 valence electrons. The van der Waals surface area contributed by atoms with Crippen LogP contribution in [0.15, 0.2) is 54.6 Å². The second-order valence-corrected chi connectivity index (χ2v) is 11.4. The number of carbonyl (C=O) groups is 3. The Hall–Kier alpha value is -3.21. The third-order valence-electron chi connectivity index (χ3n) is 7.44. The predicted molar refractivity (Wildman–Crippen MR) is 150 cm³/mol. The molecule has 4 atom stereocenters. The van der Waals surface area contributed by atoms with E-state index in [-0.39, 0.29) is 38.4 Å². The fourth-order valence-electron chi connectivity index (χ4n) is 5.54. The summed E-state index contributed by atoms with van der Waals surface area (Å²) in [7, 11) is 0. The average Bonchev–Trinajstić information content (AvgIpc) is 3.37. The van der Waals surface area contributed by atoms with Gasteiger partial charge in [0.15, 0.2) is 0 Å². The summed E-state index contributed by atoms with van der Waals surface area (Å²) in [6, 6.07) is 11.8. The van der Waals surface area contributed by atoms with Gasteiger partial charge in [-0.25, -0.2) is 4.90 Å². The molecular formula is C27H19Cl4N3O6. The van der Waals surface area contributed by atoms with Crippen LogP contribution in [0.3, 0.4) is 0 Å². The van der Waals surface area contributed by atoms with Gasteiger partial charge in [0.1, 0.15) is 5.54 Å². The number of benzene rings is 3. The minimum Gasteiger partial charge on any atom is -0.480 e. The fourth-order valence-corrected chi connectivity index (χ4v) is 6.45. The van der Waals surface area contributed by atoms with Gasteiger partial charge in [0.05, 0.1) is 32.5 Å². The zero-order valence-electron chi connectivity index (χ0n) is 20.5. The van der Waals surface area contributed by atoms with Crippen molar-refractivity contribution in [2.75, 3.05) is 4.90 Å². The Bertz CT molecular complexity index is 1600. The Kier molecular flexibility index (Phi) is 7.31. The highest BCUT2D eigenvalue weighted by Gasteiger charge is 2.69. The molecule has 13 heteroatoms. The Morgan fingerprint density at radius 1 is 1.02 bits per heavy atom. The first-order chi connectivity index (χ1) is 18.9. The van der Waals surface area contributed by atoms with E-state index in [1.54, 1.807) is 19.1 Å². The highest BCUT2D eigenvalue weighted by Crippen LogP contribution is 2.53. The molecule has 0 radical (unpaired) electrons. The minimum atomic E-state index is -2.00. The summed E-state index contributed by atoms with van der Waals surface area (Å²) < 4.78 is 0. The second kappa shape index (κ2) is 10.3. The lowest BCUT2D eigenvalue weighted by atomic mass is 9.76. The van der Waals surface area contributed by atoms with Crippen LogP contribution in [0.25, 0.3) is 0 Å². The third kappa shape index (κ3) is 4.52. The number of anilines is 1. The number of fused-ring (bicyclic) bond motifs is 1. The van der Waals surface area contributed by atoms with Gasteiger partial charge in [0, 0.05) is 34.6 Å². The van der Waals surface area contributed by atoms with Crippen molar-refractivity contribution in [3.05, 3.63) is 101 Å². The van der Waals surface area contributed by atoms with E-state index in [9.17, 15) is 29.6 Å².